The summed E-state index contributed by atoms with van der Waals surface area (Å²) in [7, 11) is 5.97. The predicted molar refractivity (Wildman–Crippen MR) is 52.7 cm³/mol. The van der Waals surface area contributed by atoms with Crippen molar-refractivity contribution in [1.82, 2.24) is 10.2 Å². The summed E-state index contributed by atoms with van der Waals surface area (Å²) in [5, 5.41) is 2.91. The summed E-state index contributed by atoms with van der Waals surface area (Å²) in [5.74, 6) is 1.06. The molecule has 0 fully saturated rings. The quantitative estimate of drug-likeness (QED) is 0.642. The van der Waals surface area contributed by atoms with E-state index in [9.17, 15) is 0 Å². The topological polar surface area (TPSA) is 15.3 Å². The van der Waals surface area contributed by atoms with Gasteiger partial charge in [0.25, 0.3) is 0 Å². The van der Waals surface area contributed by atoms with Crippen molar-refractivity contribution in [3.05, 3.63) is 0 Å². The van der Waals surface area contributed by atoms with Gasteiger partial charge in [0.05, 0.1) is 0 Å². The first-order valence-corrected chi connectivity index (χ1v) is 4.55. The molecule has 0 aliphatic rings. The third-order valence-corrected chi connectivity index (χ3v) is 2.39. The average molecular weight is 178 g/mol. The molecule has 0 rings (SSSR count). The summed E-state index contributed by atoms with van der Waals surface area (Å²) < 4.78 is 0.877. The van der Waals surface area contributed by atoms with Gasteiger partial charge in [-0.05, 0) is 14.1 Å². The van der Waals surface area contributed by atoms with Gasteiger partial charge in [0, 0.05) is 19.3 Å². The molecule has 0 bridgehead atoms. The number of hydrogen-bond donors (Lipinski definition) is 1. The number of thioether (sulfide) groups is 1. The Morgan fingerprint density at radius 2 is 2.20 bits per heavy atom. The highest BCUT2D eigenvalue weighted by Crippen LogP contribution is 2.00. The molecular formula is C6H14N2S2. The van der Waals surface area contributed by atoms with E-state index in [1.165, 1.54) is 0 Å². The summed E-state index contributed by atoms with van der Waals surface area (Å²) in [6.45, 7) is 1.08. The predicted octanol–water partition coefficient (Wildman–Crippen LogP) is 0.785. The van der Waals surface area contributed by atoms with Crippen LogP contribution in [0.3, 0.4) is 0 Å². The smallest absolute Gasteiger partial charge is 0.133 e. The van der Waals surface area contributed by atoms with Gasteiger partial charge in [-0.15, -0.1) is 0 Å². The third kappa shape index (κ3) is 6.32. The first-order valence-electron chi connectivity index (χ1n) is 3.16. The largest absolute Gasteiger partial charge is 0.374 e. The summed E-state index contributed by atoms with van der Waals surface area (Å²) in [6, 6.07) is 0. The van der Waals surface area contributed by atoms with Crippen LogP contribution in [0.25, 0.3) is 0 Å². The Balaban J connectivity index is 3.12. The summed E-state index contributed by atoms with van der Waals surface area (Å²) in [5.41, 5.74) is 0. The van der Waals surface area contributed by atoms with E-state index < -0.39 is 0 Å². The second-order valence-corrected chi connectivity index (χ2v) is 3.96. The fourth-order valence-electron chi connectivity index (χ4n) is 0.393. The van der Waals surface area contributed by atoms with Crippen molar-refractivity contribution >= 4 is 28.3 Å². The monoisotopic (exact) mass is 178 g/mol. The zero-order chi connectivity index (χ0) is 7.98. The van der Waals surface area contributed by atoms with Crippen molar-refractivity contribution < 1.29 is 0 Å². The lowest BCUT2D eigenvalue weighted by molar-refractivity contribution is 0.437. The van der Waals surface area contributed by atoms with E-state index in [2.05, 4.69) is 24.3 Å². The molecule has 0 saturated heterocycles. The minimum Gasteiger partial charge on any atom is -0.374 e. The lowest BCUT2D eigenvalue weighted by Gasteiger charge is -2.08. The van der Waals surface area contributed by atoms with E-state index in [4.69, 9.17) is 12.2 Å². The van der Waals surface area contributed by atoms with Crippen LogP contribution in [0, 0.1) is 0 Å². The number of nitrogens with zero attached hydrogens (tertiary/aromatic N) is 1. The van der Waals surface area contributed by atoms with Gasteiger partial charge in [0.1, 0.15) is 4.32 Å². The molecule has 0 unspecified atom stereocenters. The SMILES string of the molecule is CNC(=S)SCCN(C)C. The third-order valence-electron chi connectivity index (χ3n) is 0.976. The number of nitrogens with one attached hydrogen (secondary N) is 1. The zero-order valence-corrected chi connectivity index (χ0v) is 8.31. The van der Waals surface area contributed by atoms with E-state index in [1.54, 1.807) is 11.8 Å². The Labute approximate surface area is 72.4 Å². The molecule has 0 aliphatic heterocycles. The maximum Gasteiger partial charge on any atom is 0.133 e. The summed E-state index contributed by atoms with van der Waals surface area (Å²) in [4.78, 5) is 2.14. The molecule has 2 nitrogen and oxygen atoms in total. The van der Waals surface area contributed by atoms with Gasteiger partial charge < -0.3 is 10.2 Å². The number of rotatable bonds is 3. The maximum atomic E-state index is 4.94. The van der Waals surface area contributed by atoms with Crippen LogP contribution >= 0.6 is 24.0 Å². The van der Waals surface area contributed by atoms with Crippen molar-refractivity contribution in [3.63, 3.8) is 0 Å². The molecule has 1 N–H and O–H groups in total. The first kappa shape index (κ1) is 10.2. The van der Waals surface area contributed by atoms with Crippen molar-refractivity contribution in [1.29, 1.82) is 0 Å². The Morgan fingerprint density at radius 1 is 1.60 bits per heavy atom. The van der Waals surface area contributed by atoms with E-state index in [0.717, 1.165) is 16.6 Å². The summed E-state index contributed by atoms with van der Waals surface area (Å²) in [6.07, 6.45) is 0. The highest BCUT2D eigenvalue weighted by Gasteiger charge is 1.93. The lowest BCUT2D eigenvalue weighted by Crippen LogP contribution is -2.18. The van der Waals surface area contributed by atoms with Gasteiger partial charge in [-0.25, -0.2) is 0 Å². The van der Waals surface area contributed by atoms with Gasteiger partial charge >= 0.3 is 0 Å². The van der Waals surface area contributed by atoms with E-state index in [0.29, 0.717) is 0 Å². The first-order chi connectivity index (χ1) is 4.66. The minimum absolute atomic E-state index is 0.877. The standard InChI is InChI=1S/C6H14N2S2/c1-7-6(9)10-5-4-8(2)3/h4-5H2,1-3H3,(H,7,9). The normalized spacial score (nSPS) is 10.0. The van der Waals surface area contributed by atoms with E-state index >= 15 is 0 Å². The van der Waals surface area contributed by atoms with Crippen LogP contribution in [0.2, 0.25) is 0 Å². The van der Waals surface area contributed by atoms with Gasteiger partial charge in [0.2, 0.25) is 0 Å². The molecule has 0 aliphatic carbocycles. The molecule has 60 valence electrons. The Morgan fingerprint density at radius 3 is 2.60 bits per heavy atom. The fraction of sp³-hybridized carbons (Fsp3) is 0.833. The van der Waals surface area contributed by atoms with Gasteiger partial charge in [-0.3, -0.25) is 0 Å². The number of hydrogen-bond acceptors (Lipinski definition) is 3. The van der Waals surface area contributed by atoms with Crippen LogP contribution < -0.4 is 5.32 Å². The van der Waals surface area contributed by atoms with Crippen LogP contribution in [0.4, 0.5) is 0 Å². The number of thiocarbonyl (C=S) groups is 1. The lowest BCUT2D eigenvalue weighted by atomic mass is 10.7. The zero-order valence-electron chi connectivity index (χ0n) is 6.68. The molecule has 0 radical (unpaired) electrons. The Bertz CT molecular complexity index is 104. The Kier molecular flexibility index (Phi) is 6.06. The molecular weight excluding hydrogens is 164 g/mol. The highest BCUT2D eigenvalue weighted by molar-refractivity contribution is 8.22. The summed E-state index contributed by atoms with van der Waals surface area (Å²) >= 11 is 6.62. The second kappa shape index (κ2) is 5.95. The Hall–Kier alpha value is 0.200. The van der Waals surface area contributed by atoms with Crippen LogP contribution in [0.1, 0.15) is 0 Å². The molecule has 0 spiro atoms. The fourth-order valence-corrected chi connectivity index (χ4v) is 1.43. The van der Waals surface area contributed by atoms with Crippen LogP contribution in [-0.2, 0) is 0 Å². The molecule has 0 aromatic carbocycles. The molecule has 0 aromatic heterocycles. The molecule has 4 heteroatoms. The van der Waals surface area contributed by atoms with Crippen LogP contribution in [0.15, 0.2) is 0 Å². The minimum atomic E-state index is 0.877. The van der Waals surface area contributed by atoms with E-state index in [1.807, 2.05) is 7.05 Å². The maximum absolute atomic E-state index is 4.94. The van der Waals surface area contributed by atoms with Gasteiger partial charge in [-0.1, -0.05) is 24.0 Å². The molecule has 0 saturated carbocycles. The molecule has 0 amide bonds. The van der Waals surface area contributed by atoms with E-state index in [-0.39, 0.29) is 0 Å². The van der Waals surface area contributed by atoms with Crippen molar-refractivity contribution in [2.45, 2.75) is 0 Å². The molecule has 10 heavy (non-hydrogen) atoms. The van der Waals surface area contributed by atoms with Crippen LogP contribution in [0.5, 0.6) is 0 Å². The van der Waals surface area contributed by atoms with Crippen LogP contribution in [-0.4, -0.2) is 42.7 Å². The molecule has 0 heterocycles. The van der Waals surface area contributed by atoms with Crippen molar-refractivity contribution in [2.75, 3.05) is 33.4 Å². The highest BCUT2D eigenvalue weighted by atomic mass is 32.2. The van der Waals surface area contributed by atoms with Gasteiger partial charge in [0.15, 0.2) is 0 Å². The van der Waals surface area contributed by atoms with Crippen molar-refractivity contribution in [2.24, 2.45) is 0 Å². The second-order valence-electron chi connectivity index (χ2n) is 2.19. The molecule has 0 atom stereocenters. The van der Waals surface area contributed by atoms with Crippen molar-refractivity contribution in [3.8, 4) is 0 Å². The average Bonchev–Trinajstić information content (AvgIpc) is 1.87. The molecule has 0 aromatic rings. The van der Waals surface area contributed by atoms with Gasteiger partial charge in [-0.2, -0.15) is 0 Å².